The average molecular weight is 247 g/mol. The second-order valence-corrected chi connectivity index (χ2v) is 18.5. The summed E-state index contributed by atoms with van der Waals surface area (Å²) in [5, 5.41) is 0. The topological polar surface area (TPSA) is 6.48 Å². The average Bonchev–Trinajstić information content (AvgIpc) is 1.77. The van der Waals surface area contributed by atoms with E-state index in [-0.39, 0.29) is 0 Å². The Balaban J connectivity index is 2.95. The molecule has 1 heterocycles. The number of hydrogen-bond donors (Lipinski definition) is 0. The van der Waals surface area contributed by atoms with Crippen molar-refractivity contribution in [3.63, 3.8) is 0 Å². The highest BCUT2D eigenvalue weighted by Gasteiger charge is 2.62. The van der Waals surface area contributed by atoms with Crippen LogP contribution in [0.15, 0.2) is 0 Å². The predicted molar refractivity (Wildman–Crippen MR) is 72.7 cm³/mol. The summed E-state index contributed by atoms with van der Waals surface area (Å²) in [6.45, 7) is 19.8. The van der Waals surface area contributed by atoms with Gasteiger partial charge in [0.15, 0.2) is 16.8 Å². The summed E-state index contributed by atoms with van der Waals surface area (Å²) < 4.78 is 5.90. The normalized spacial score (nSPS) is 27.0. The van der Waals surface area contributed by atoms with E-state index in [1.807, 2.05) is 0 Å². The van der Waals surface area contributed by atoms with Crippen LogP contribution < -0.4 is 0 Å². The number of hydrogen-bond acceptors (Lipinski definition) is 2. The van der Waals surface area contributed by atoms with Crippen molar-refractivity contribution in [2.24, 2.45) is 0 Å². The maximum atomic E-state index is 3.00. The number of nitrogens with zero attached hydrogens (tertiary/aromatic N) is 2. The first kappa shape index (κ1) is 12.6. The van der Waals surface area contributed by atoms with Crippen molar-refractivity contribution in [1.29, 1.82) is 0 Å². The van der Waals surface area contributed by atoms with E-state index in [1.165, 1.54) is 0 Å². The summed E-state index contributed by atoms with van der Waals surface area (Å²) in [5.41, 5.74) is 0. The first-order valence-electron chi connectivity index (χ1n) is 5.72. The molecule has 0 aliphatic carbocycles. The zero-order chi connectivity index (χ0) is 11.3. The summed E-state index contributed by atoms with van der Waals surface area (Å²) in [6, 6.07) is 0.752. The molecule has 0 atom stereocenters. The lowest BCUT2D eigenvalue weighted by molar-refractivity contribution is 0.406. The van der Waals surface area contributed by atoms with Crippen LogP contribution in [0.2, 0.25) is 39.3 Å². The largest absolute Gasteiger partial charge is 0.347 e. The minimum absolute atomic E-state index is 0.592. The maximum Gasteiger partial charge on any atom is 0.182 e. The second kappa shape index (κ2) is 3.55. The summed E-state index contributed by atoms with van der Waals surface area (Å²) in [4.78, 5) is 0. The molecule has 1 rings (SSSR count). The first-order chi connectivity index (χ1) is 6.13. The van der Waals surface area contributed by atoms with Crippen LogP contribution in [-0.4, -0.2) is 39.9 Å². The molecule has 0 spiro atoms. The monoisotopic (exact) mass is 246 g/mol. The van der Waals surface area contributed by atoms with Crippen molar-refractivity contribution in [3.8, 4) is 0 Å². The van der Waals surface area contributed by atoms with Crippen LogP contribution in [-0.2, 0) is 0 Å². The van der Waals surface area contributed by atoms with Gasteiger partial charge in [-0.25, -0.2) is 0 Å². The Morgan fingerprint density at radius 3 is 1.50 bits per heavy atom. The molecule has 1 aliphatic rings. The van der Waals surface area contributed by atoms with E-state index in [1.54, 1.807) is 0 Å². The third-order valence-corrected chi connectivity index (χ3v) is 23.6. The Morgan fingerprint density at radius 2 is 1.29 bits per heavy atom. The molecular weight excluding hydrogens is 220 g/mol. The van der Waals surface area contributed by atoms with Crippen molar-refractivity contribution in [1.82, 2.24) is 8.13 Å². The third-order valence-electron chi connectivity index (χ3n) is 3.39. The molecule has 1 aliphatic heterocycles. The molecule has 0 saturated carbocycles. The molecule has 14 heavy (non-hydrogen) atoms. The molecule has 0 N–H and O–H groups in total. The molecule has 1 fully saturated rings. The maximum absolute atomic E-state index is 3.00. The molecule has 0 aromatic rings. The smallest absolute Gasteiger partial charge is 0.182 e. The van der Waals surface area contributed by atoms with Gasteiger partial charge in [0.1, 0.15) is 0 Å². The Kier molecular flexibility index (Phi) is 3.21. The molecule has 0 aromatic heterocycles. The minimum atomic E-state index is -1.18. The van der Waals surface area contributed by atoms with Gasteiger partial charge in [0.2, 0.25) is 0 Å². The minimum Gasteiger partial charge on any atom is -0.347 e. The van der Waals surface area contributed by atoms with Crippen molar-refractivity contribution in [2.75, 3.05) is 0 Å². The lowest BCUT2D eigenvalue weighted by Gasteiger charge is -2.70. The predicted octanol–water partition coefficient (Wildman–Crippen LogP) is 2.40. The Labute approximate surface area is 93.3 Å². The molecular formula is C9H26N2Si3. The quantitative estimate of drug-likeness (QED) is 0.691. The summed E-state index contributed by atoms with van der Waals surface area (Å²) in [7, 11) is -2.95. The van der Waals surface area contributed by atoms with E-state index < -0.39 is 25.8 Å². The van der Waals surface area contributed by atoms with Crippen LogP contribution in [0.5, 0.6) is 0 Å². The standard InChI is InChI=1S/C9H26N2Si3/c1-9(2)10-13(5,6)11(12(3)4)14(10,7)8/h9,12H,1-8H3. The second-order valence-electron chi connectivity index (χ2n) is 5.92. The molecule has 84 valence electrons. The van der Waals surface area contributed by atoms with Crippen LogP contribution in [0.4, 0.5) is 0 Å². The molecule has 5 heteroatoms. The lowest BCUT2D eigenvalue weighted by Crippen LogP contribution is -2.92. The zero-order valence-corrected chi connectivity index (χ0v) is 14.2. The van der Waals surface area contributed by atoms with Gasteiger partial charge in [-0.2, -0.15) is 0 Å². The van der Waals surface area contributed by atoms with E-state index in [0.29, 0.717) is 0 Å². The van der Waals surface area contributed by atoms with E-state index >= 15 is 0 Å². The van der Waals surface area contributed by atoms with Crippen LogP contribution in [0.25, 0.3) is 0 Å². The van der Waals surface area contributed by atoms with Gasteiger partial charge < -0.3 is 8.13 Å². The molecule has 1 saturated heterocycles. The van der Waals surface area contributed by atoms with E-state index in [0.717, 1.165) is 6.04 Å². The lowest BCUT2D eigenvalue weighted by atomic mass is 10.4. The summed E-state index contributed by atoms with van der Waals surface area (Å²) >= 11 is 0. The van der Waals surface area contributed by atoms with Crippen LogP contribution in [0, 0.1) is 0 Å². The van der Waals surface area contributed by atoms with Crippen molar-refractivity contribution in [3.05, 3.63) is 0 Å². The molecule has 0 unspecified atom stereocenters. The number of rotatable bonds is 2. The summed E-state index contributed by atoms with van der Waals surface area (Å²) in [5.74, 6) is 0. The highest BCUT2D eigenvalue weighted by Crippen LogP contribution is 2.40. The zero-order valence-electron chi connectivity index (χ0n) is 11.0. The molecule has 0 aromatic carbocycles. The van der Waals surface area contributed by atoms with Crippen LogP contribution in [0.3, 0.4) is 0 Å². The van der Waals surface area contributed by atoms with Crippen LogP contribution in [0.1, 0.15) is 13.8 Å². The van der Waals surface area contributed by atoms with Gasteiger partial charge in [0, 0.05) is 0 Å². The van der Waals surface area contributed by atoms with Gasteiger partial charge in [-0.3, -0.25) is 0 Å². The molecule has 0 bridgehead atoms. The first-order valence-corrected chi connectivity index (χ1v) is 14.3. The molecule has 2 nitrogen and oxygen atoms in total. The van der Waals surface area contributed by atoms with Gasteiger partial charge in [0.05, 0.1) is 8.96 Å². The van der Waals surface area contributed by atoms with Gasteiger partial charge in [0.25, 0.3) is 0 Å². The van der Waals surface area contributed by atoms with Crippen LogP contribution >= 0.6 is 0 Å². The molecule has 0 radical (unpaired) electrons. The molecule has 0 amide bonds. The fraction of sp³-hybridized carbons (Fsp3) is 1.00. The van der Waals surface area contributed by atoms with Crippen molar-refractivity contribution < 1.29 is 0 Å². The Hall–Kier alpha value is 0.571. The van der Waals surface area contributed by atoms with Crippen molar-refractivity contribution >= 4 is 25.8 Å². The van der Waals surface area contributed by atoms with Gasteiger partial charge in [-0.1, -0.05) is 26.9 Å². The Bertz CT molecular complexity index is 190. The van der Waals surface area contributed by atoms with Gasteiger partial charge in [-0.05, 0) is 32.2 Å². The van der Waals surface area contributed by atoms with E-state index in [2.05, 4.69) is 61.3 Å². The van der Waals surface area contributed by atoms with Gasteiger partial charge >= 0.3 is 0 Å². The highest BCUT2D eigenvalue weighted by atomic mass is 28.5. The summed E-state index contributed by atoms with van der Waals surface area (Å²) in [6.07, 6.45) is 0. The fourth-order valence-corrected chi connectivity index (χ4v) is 29.9. The van der Waals surface area contributed by atoms with E-state index in [9.17, 15) is 0 Å². The highest BCUT2D eigenvalue weighted by molar-refractivity contribution is 7.10. The SMILES string of the molecule is CC(C)N1[Si](C)(C)N([SiH](C)C)[Si]1(C)C. The fourth-order valence-electron chi connectivity index (χ4n) is 4.05. The van der Waals surface area contributed by atoms with E-state index in [4.69, 9.17) is 0 Å². The third kappa shape index (κ3) is 1.59. The van der Waals surface area contributed by atoms with Gasteiger partial charge in [-0.15, -0.1) is 0 Å². The van der Waals surface area contributed by atoms with Crippen molar-refractivity contribution in [2.45, 2.75) is 59.2 Å². The Morgan fingerprint density at radius 1 is 0.929 bits per heavy atom.